The van der Waals surface area contributed by atoms with Crippen LogP contribution in [0.1, 0.15) is 17.3 Å². The fraction of sp³-hybridized carbons (Fsp3) is 0.600. The first-order chi connectivity index (χ1) is 10.5. The zero-order chi connectivity index (χ0) is 16.1. The second-order valence-corrected chi connectivity index (χ2v) is 5.33. The molecule has 122 valence electrons. The summed E-state index contributed by atoms with van der Waals surface area (Å²) in [6.45, 7) is 2.94. The summed E-state index contributed by atoms with van der Waals surface area (Å²) in [7, 11) is 1.64. The van der Waals surface area contributed by atoms with Crippen molar-refractivity contribution in [3.05, 3.63) is 23.9 Å². The summed E-state index contributed by atoms with van der Waals surface area (Å²) in [6, 6.07) is 3.32. The van der Waals surface area contributed by atoms with Crippen LogP contribution in [-0.4, -0.2) is 71.6 Å². The van der Waals surface area contributed by atoms with Crippen molar-refractivity contribution in [2.45, 2.75) is 19.1 Å². The lowest BCUT2D eigenvalue weighted by Crippen LogP contribution is -2.48. The number of carbonyl (C=O) groups excluding carboxylic acids is 1. The minimum Gasteiger partial charge on any atom is -0.477 e. The molecule has 2 N–H and O–H groups in total. The lowest BCUT2D eigenvalue weighted by Gasteiger charge is -2.34. The Bertz CT molecular complexity index is 510. The molecule has 7 heteroatoms. The fourth-order valence-corrected chi connectivity index (χ4v) is 2.46. The van der Waals surface area contributed by atoms with Crippen molar-refractivity contribution in [2.24, 2.45) is 5.92 Å². The number of aliphatic hydroxyl groups is 2. The van der Waals surface area contributed by atoms with Crippen molar-refractivity contribution in [2.75, 3.05) is 33.4 Å². The van der Waals surface area contributed by atoms with E-state index in [0.29, 0.717) is 24.7 Å². The van der Waals surface area contributed by atoms with Gasteiger partial charge in [-0.05, 0) is 19.1 Å². The van der Waals surface area contributed by atoms with Crippen molar-refractivity contribution in [1.29, 1.82) is 0 Å². The highest BCUT2D eigenvalue weighted by atomic mass is 16.5. The molecule has 0 unspecified atom stereocenters. The van der Waals surface area contributed by atoms with E-state index in [1.54, 1.807) is 25.4 Å². The summed E-state index contributed by atoms with van der Waals surface area (Å²) in [6.07, 6.45) is -0.250. The van der Waals surface area contributed by atoms with E-state index in [1.165, 1.54) is 4.90 Å². The Morgan fingerprint density at radius 2 is 2.27 bits per heavy atom. The Kier molecular flexibility index (Phi) is 5.70. The Balaban J connectivity index is 2.06. The molecule has 1 amide bonds. The molecule has 2 heterocycles. The number of hydrogen-bond donors (Lipinski definition) is 2. The van der Waals surface area contributed by atoms with E-state index in [9.17, 15) is 15.0 Å². The van der Waals surface area contributed by atoms with E-state index in [4.69, 9.17) is 9.47 Å². The van der Waals surface area contributed by atoms with Gasteiger partial charge in [-0.1, -0.05) is 0 Å². The minimum absolute atomic E-state index is 0.117. The molecule has 7 nitrogen and oxygen atoms in total. The second-order valence-electron chi connectivity index (χ2n) is 5.33. The SMILES string of the molecule is CCOc1ncccc1C(=O)N(C)C[C@@H]1COC[C@@H](O)[C@H]1O. The smallest absolute Gasteiger partial charge is 0.259 e. The lowest BCUT2D eigenvalue weighted by molar-refractivity contribution is -0.123. The monoisotopic (exact) mass is 310 g/mol. The van der Waals surface area contributed by atoms with Crippen LogP contribution in [0.2, 0.25) is 0 Å². The van der Waals surface area contributed by atoms with Crippen LogP contribution < -0.4 is 4.74 Å². The average Bonchev–Trinajstić information content (AvgIpc) is 2.52. The number of rotatable bonds is 5. The zero-order valence-electron chi connectivity index (χ0n) is 12.8. The molecule has 0 radical (unpaired) electrons. The molecule has 1 saturated heterocycles. The highest BCUT2D eigenvalue weighted by Crippen LogP contribution is 2.20. The van der Waals surface area contributed by atoms with Crippen LogP contribution in [0, 0.1) is 5.92 Å². The number of amides is 1. The molecule has 0 spiro atoms. The maximum Gasteiger partial charge on any atom is 0.259 e. The molecule has 1 aromatic heterocycles. The lowest BCUT2D eigenvalue weighted by atomic mass is 9.96. The molecule has 0 aromatic carbocycles. The molecule has 22 heavy (non-hydrogen) atoms. The quantitative estimate of drug-likeness (QED) is 0.790. The van der Waals surface area contributed by atoms with Gasteiger partial charge in [0.2, 0.25) is 5.88 Å². The van der Waals surface area contributed by atoms with Gasteiger partial charge in [0.25, 0.3) is 5.91 Å². The molecule has 0 bridgehead atoms. The van der Waals surface area contributed by atoms with Crippen molar-refractivity contribution >= 4 is 5.91 Å². The molecule has 2 rings (SSSR count). The van der Waals surface area contributed by atoms with Gasteiger partial charge in [0.1, 0.15) is 11.7 Å². The highest BCUT2D eigenvalue weighted by Gasteiger charge is 2.33. The van der Waals surface area contributed by atoms with Crippen LogP contribution in [-0.2, 0) is 4.74 Å². The number of hydrogen-bond acceptors (Lipinski definition) is 6. The van der Waals surface area contributed by atoms with Crippen molar-refractivity contribution in [3.8, 4) is 5.88 Å². The topological polar surface area (TPSA) is 92.1 Å². The van der Waals surface area contributed by atoms with Crippen molar-refractivity contribution in [1.82, 2.24) is 9.88 Å². The maximum absolute atomic E-state index is 12.5. The average molecular weight is 310 g/mol. The van der Waals surface area contributed by atoms with E-state index in [1.807, 2.05) is 6.92 Å². The van der Waals surface area contributed by atoms with E-state index >= 15 is 0 Å². The Labute approximate surface area is 129 Å². The zero-order valence-corrected chi connectivity index (χ0v) is 12.8. The van der Waals surface area contributed by atoms with E-state index < -0.39 is 12.2 Å². The maximum atomic E-state index is 12.5. The molecule has 3 atom stereocenters. The third-order valence-corrected chi connectivity index (χ3v) is 3.64. The first kappa shape index (κ1) is 16.7. The Morgan fingerprint density at radius 3 is 3.00 bits per heavy atom. The molecule has 1 aliphatic rings. The summed E-state index contributed by atoms with van der Waals surface area (Å²) in [5.41, 5.74) is 0.374. The van der Waals surface area contributed by atoms with Crippen molar-refractivity contribution < 1.29 is 24.5 Å². The van der Waals surface area contributed by atoms with Gasteiger partial charge in [0.05, 0.1) is 25.9 Å². The summed E-state index contributed by atoms with van der Waals surface area (Å²) < 4.78 is 10.6. The fourth-order valence-electron chi connectivity index (χ4n) is 2.46. The van der Waals surface area contributed by atoms with E-state index in [-0.39, 0.29) is 25.0 Å². The summed E-state index contributed by atoms with van der Waals surface area (Å²) in [5, 5.41) is 19.6. The molecule has 1 fully saturated rings. The normalized spacial score (nSPS) is 24.8. The van der Waals surface area contributed by atoms with E-state index in [0.717, 1.165) is 0 Å². The molecular weight excluding hydrogens is 288 g/mol. The van der Waals surface area contributed by atoms with Crippen LogP contribution in [0.25, 0.3) is 0 Å². The van der Waals surface area contributed by atoms with Gasteiger partial charge in [-0.25, -0.2) is 4.98 Å². The number of carbonyl (C=O) groups is 1. The predicted octanol–water partition coefficient (Wildman–Crippen LogP) is -0.0795. The molecule has 1 aliphatic heterocycles. The number of aromatic nitrogens is 1. The van der Waals surface area contributed by atoms with Crippen LogP contribution >= 0.6 is 0 Å². The third-order valence-electron chi connectivity index (χ3n) is 3.64. The van der Waals surface area contributed by atoms with Gasteiger partial charge in [-0.2, -0.15) is 0 Å². The number of aliphatic hydroxyl groups excluding tert-OH is 2. The Hall–Kier alpha value is -1.70. The minimum atomic E-state index is -0.917. The number of ether oxygens (including phenoxy) is 2. The highest BCUT2D eigenvalue weighted by molar-refractivity contribution is 5.96. The third kappa shape index (κ3) is 3.73. The molecule has 0 saturated carbocycles. The van der Waals surface area contributed by atoms with Crippen LogP contribution in [0.3, 0.4) is 0 Å². The summed E-state index contributed by atoms with van der Waals surface area (Å²) in [4.78, 5) is 18.1. The van der Waals surface area contributed by atoms with Crippen molar-refractivity contribution in [3.63, 3.8) is 0 Å². The van der Waals surface area contributed by atoms with Gasteiger partial charge in [-0.3, -0.25) is 4.79 Å². The number of pyridine rings is 1. The largest absolute Gasteiger partial charge is 0.477 e. The first-order valence-electron chi connectivity index (χ1n) is 7.31. The van der Waals surface area contributed by atoms with E-state index in [2.05, 4.69) is 4.98 Å². The van der Waals surface area contributed by atoms with Gasteiger partial charge in [0, 0.05) is 25.7 Å². The molecular formula is C15H22N2O5. The predicted molar refractivity (Wildman–Crippen MR) is 78.7 cm³/mol. The Morgan fingerprint density at radius 1 is 1.50 bits per heavy atom. The van der Waals surface area contributed by atoms with Gasteiger partial charge < -0.3 is 24.6 Å². The summed E-state index contributed by atoms with van der Waals surface area (Å²) >= 11 is 0. The van der Waals surface area contributed by atoms with Gasteiger partial charge in [-0.15, -0.1) is 0 Å². The van der Waals surface area contributed by atoms with Gasteiger partial charge in [0.15, 0.2) is 0 Å². The standard InChI is InChI=1S/C15H22N2O5/c1-3-22-14-11(5-4-6-16-14)15(20)17(2)7-10-8-21-9-12(18)13(10)19/h4-6,10,12-13,18-19H,3,7-9H2,1-2H3/t10-,12-,13+/m1/s1. The van der Waals surface area contributed by atoms with Crippen LogP contribution in [0.15, 0.2) is 18.3 Å². The van der Waals surface area contributed by atoms with Crippen LogP contribution in [0.4, 0.5) is 0 Å². The number of nitrogens with zero attached hydrogens (tertiary/aromatic N) is 2. The first-order valence-corrected chi connectivity index (χ1v) is 7.31. The van der Waals surface area contributed by atoms with Gasteiger partial charge >= 0.3 is 0 Å². The second kappa shape index (κ2) is 7.53. The molecule has 0 aliphatic carbocycles. The van der Waals surface area contributed by atoms with Crippen LogP contribution in [0.5, 0.6) is 5.88 Å². The summed E-state index contributed by atoms with van der Waals surface area (Å²) in [5.74, 6) is -0.281. The molecule has 1 aromatic rings.